The normalized spacial score (nSPS) is 13.5. The summed E-state index contributed by atoms with van der Waals surface area (Å²) in [5, 5.41) is 9.33. The second kappa shape index (κ2) is 10.4. The van der Waals surface area contributed by atoms with Crippen LogP contribution in [0.5, 0.6) is 0 Å². The zero-order chi connectivity index (χ0) is 23.2. The van der Waals surface area contributed by atoms with Crippen molar-refractivity contribution in [2.24, 2.45) is 4.99 Å². The van der Waals surface area contributed by atoms with Gasteiger partial charge in [0.1, 0.15) is 5.60 Å². The van der Waals surface area contributed by atoms with E-state index in [9.17, 15) is 19.5 Å². The first-order valence-electron chi connectivity index (χ1n) is 10.7. The van der Waals surface area contributed by atoms with Crippen molar-refractivity contribution in [2.75, 3.05) is 13.1 Å². The van der Waals surface area contributed by atoms with Gasteiger partial charge in [-0.25, -0.2) is 4.79 Å². The van der Waals surface area contributed by atoms with Crippen molar-refractivity contribution >= 4 is 35.3 Å². The number of benzene rings is 1. The summed E-state index contributed by atoms with van der Waals surface area (Å²) in [4.78, 5) is 43.5. The number of fused-ring (bicyclic) bond motifs is 1. The van der Waals surface area contributed by atoms with Crippen molar-refractivity contribution < 1.29 is 24.2 Å². The van der Waals surface area contributed by atoms with Crippen LogP contribution in [0.4, 0.5) is 5.69 Å². The molecule has 0 saturated carbocycles. The molecule has 0 unspecified atom stereocenters. The predicted molar refractivity (Wildman–Crippen MR) is 121 cm³/mol. The van der Waals surface area contributed by atoms with E-state index >= 15 is 0 Å². The fraction of sp³-hybridized carbons (Fsp3) is 0.500. The summed E-state index contributed by atoms with van der Waals surface area (Å²) in [7, 11) is 0. The molecule has 168 valence electrons. The Kier molecular flexibility index (Phi) is 8.14. The average Bonchev–Trinajstić information content (AvgIpc) is 2.83. The summed E-state index contributed by atoms with van der Waals surface area (Å²) < 4.78 is 5.42. The number of carbonyl (C=O) groups excluding carboxylic acids is 2. The van der Waals surface area contributed by atoms with Crippen molar-refractivity contribution in [2.45, 2.75) is 65.9 Å². The van der Waals surface area contributed by atoms with Gasteiger partial charge in [0.15, 0.2) is 0 Å². The molecule has 1 aromatic carbocycles. The Morgan fingerprint density at radius 1 is 1.13 bits per heavy atom. The van der Waals surface area contributed by atoms with Crippen molar-refractivity contribution in [1.82, 2.24) is 4.90 Å². The Bertz CT molecular complexity index is 903. The summed E-state index contributed by atoms with van der Waals surface area (Å²) >= 11 is 0. The molecule has 0 saturated heterocycles. The SMILES string of the molecule is CCCN(CCC)C(=O)C1=Cc2ccc(C(=O)O)cc2N=C(CC(=O)OC(C)(C)C)C1. The molecule has 7 nitrogen and oxygen atoms in total. The summed E-state index contributed by atoms with van der Waals surface area (Å²) in [6, 6.07) is 4.60. The quantitative estimate of drug-likeness (QED) is 0.609. The molecule has 7 heteroatoms. The highest BCUT2D eigenvalue weighted by Crippen LogP contribution is 2.30. The van der Waals surface area contributed by atoms with Crippen LogP contribution in [0.15, 0.2) is 28.8 Å². The Hall–Kier alpha value is -2.96. The number of aliphatic imine (C=N–C) groups is 1. The molecule has 1 aliphatic rings. The first-order chi connectivity index (χ1) is 14.5. The molecular formula is C24H32N2O5. The Morgan fingerprint density at radius 2 is 1.77 bits per heavy atom. The first kappa shape index (κ1) is 24.3. The number of esters is 1. The lowest BCUT2D eigenvalue weighted by molar-refractivity contribution is -0.153. The van der Waals surface area contributed by atoms with Gasteiger partial charge in [0, 0.05) is 36.4 Å². The number of carbonyl (C=O) groups is 3. The zero-order valence-electron chi connectivity index (χ0n) is 19.0. The molecule has 0 spiro atoms. The molecule has 2 rings (SSSR count). The maximum absolute atomic E-state index is 13.3. The third-order valence-corrected chi connectivity index (χ3v) is 4.60. The van der Waals surface area contributed by atoms with E-state index in [1.165, 1.54) is 12.1 Å². The van der Waals surface area contributed by atoms with Crippen molar-refractivity contribution in [1.29, 1.82) is 0 Å². The molecule has 0 radical (unpaired) electrons. The number of rotatable bonds is 8. The van der Waals surface area contributed by atoms with Crippen LogP contribution >= 0.6 is 0 Å². The van der Waals surface area contributed by atoms with Gasteiger partial charge in [-0.3, -0.25) is 14.6 Å². The number of aromatic carboxylic acids is 1. The van der Waals surface area contributed by atoms with Crippen LogP contribution in [0.25, 0.3) is 6.08 Å². The summed E-state index contributed by atoms with van der Waals surface area (Å²) in [6.45, 7) is 10.7. The van der Waals surface area contributed by atoms with Gasteiger partial charge in [-0.1, -0.05) is 19.9 Å². The van der Waals surface area contributed by atoms with Gasteiger partial charge in [-0.05, 0) is 51.8 Å². The smallest absolute Gasteiger partial charge is 0.335 e. The van der Waals surface area contributed by atoms with Crippen LogP contribution < -0.4 is 0 Å². The van der Waals surface area contributed by atoms with E-state index in [0.29, 0.717) is 35.6 Å². The standard InChI is InChI=1S/C24H32N2O5/c1-6-10-26(11-7-2)22(28)18-12-16-8-9-17(23(29)30)14-20(16)25-19(13-18)15-21(27)31-24(3,4)5/h8-9,12,14H,6-7,10-11,13,15H2,1-5H3,(H,29,30). The fourth-order valence-electron chi connectivity index (χ4n) is 3.41. The predicted octanol–water partition coefficient (Wildman–Crippen LogP) is 4.62. The number of amides is 1. The molecule has 0 fully saturated rings. The van der Waals surface area contributed by atoms with Gasteiger partial charge in [-0.15, -0.1) is 0 Å². The molecule has 1 aliphatic heterocycles. The number of nitrogens with zero attached hydrogens (tertiary/aromatic N) is 2. The van der Waals surface area contributed by atoms with Gasteiger partial charge in [0.05, 0.1) is 17.7 Å². The minimum atomic E-state index is -1.06. The summed E-state index contributed by atoms with van der Waals surface area (Å²) in [6.07, 6.45) is 3.58. The van der Waals surface area contributed by atoms with Crippen molar-refractivity contribution in [3.63, 3.8) is 0 Å². The van der Waals surface area contributed by atoms with E-state index in [4.69, 9.17) is 4.74 Å². The molecular weight excluding hydrogens is 396 g/mol. The van der Waals surface area contributed by atoms with Gasteiger partial charge >= 0.3 is 11.9 Å². The molecule has 0 bridgehead atoms. The molecule has 0 aliphatic carbocycles. The van der Waals surface area contributed by atoms with Crippen LogP contribution in [-0.2, 0) is 14.3 Å². The third-order valence-electron chi connectivity index (χ3n) is 4.60. The molecule has 1 heterocycles. The maximum atomic E-state index is 13.3. The van der Waals surface area contributed by atoms with Crippen LogP contribution in [-0.4, -0.2) is 52.3 Å². The Labute approximate surface area is 183 Å². The topological polar surface area (TPSA) is 96.3 Å². The Balaban J connectivity index is 2.46. The second-order valence-electron chi connectivity index (χ2n) is 8.66. The fourth-order valence-corrected chi connectivity index (χ4v) is 3.41. The van der Waals surface area contributed by atoms with Crippen LogP contribution in [0, 0.1) is 0 Å². The lowest BCUT2D eigenvalue weighted by Crippen LogP contribution is -2.34. The summed E-state index contributed by atoms with van der Waals surface area (Å²) in [5.74, 6) is -1.58. The highest BCUT2D eigenvalue weighted by atomic mass is 16.6. The van der Waals surface area contributed by atoms with E-state index in [0.717, 1.165) is 12.8 Å². The minimum Gasteiger partial charge on any atom is -0.478 e. The second-order valence-corrected chi connectivity index (χ2v) is 8.66. The highest BCUT2D eigenvalue weighted by Gasteiger charge is 2.25. The van der Waals surface area contributed by atoms with Crippen molar-refractivity contribution in [3.8, 4) is 0 Å². The first-order valence-corrected chi connectivity index (χ1v) is 10.7. The maximum Gasteiger partial charge on any atom is 0.335 e. The van der Waals surface area contributed by atoms with E-state index in [-0.39, 0.29) is 24.3 Å². The van der Waals surface area contributed by atoms with E-state index in [1.54, 1.807) is 32.9 Å². The lowest BCUT2D eigenvalue weighted by atomic mass is 10.0. The van der Waals surface area contributed by atoms with Crippen LogP contribution in [0.1, 0.15) is 76.2 Å². The number of hydrogen-bond donors (Lipinski definition) is 1. The van der Waals surface area contributed by atoms with Crippen LogP contribution in [0.2, 0.25) is 0 Å². The number of carboxylic acid groups (broad SMARTS) is 1. The molecule has 1 N–H and O–H groups in total. The zero-order valence-corrected chi connectivity index (χ0v) is 19.0. The molecule has 1 amide bonds. The highest BCUT2D eigenvalue weighted by molar-refractivity contribution is 6.10. The lowest BCUT2D eigenvalue weighted by Gasteiger charge is -2.23. The molecule has 0 atom stereocenters. The van der Waals surface area contributed by atoms with Gasteiger partial charge in [0.2, 0.25) is 5.91 Å². The van der Waals surface area contributed by atoms with Gasteiger partial charge in [-0.2, -0.15) is 0 Å². The number of hydrogen-bond acceptors (Lipinski definition) is 5. The molecule has 31 heavy (non-hydrogen) atoms. The third kappa shape index (κ3) is 7.05. The molecule has 0 aromatic heterocycles. The monoisotopic (exact) mass is 428 g/mol. The van der Waals surface area contributed by atoms with Gasteiger partial charge in [0.25, 0.3) is 0 Å². The van der Waals surface area contributed by atoms with E-state index < -0.39 is 17.5 Å². The minimum absolute atomic E-state index is 0.0693. The van der Waals surface area contributed by atoms with E-state index in [1.807, 2.05) is 18.7 Å². The van der Waals surface area contributed by atoms with Crippen molar-refractivity contribution in [3.05, 3.63) is 34.9 Å². The average molecular weight is 429 g/mol. The number of ether oxygens (including phenoxy) is 1. The number of carboxylic acids is 1. The summed E-state index contributed by atoms with van der Waals surface area (Å²) in [5.41, 5.74) is 1.55. The molecule has 1 aromatic rings. The van der Waals surface area contributed by atoms with Crippen LogP contribution in [0.3, 0.4) is 0 Å². The van der Waals surface area contributed by atoms with Gasteiger partial charge < -0.3 is 14.7 Å². The van der Waals surface area contributed by atoms with E-state index in [2.05, 4.69) is 4.99 Å². The Morgan fingerprint density at radius 3 is 2.32 bits per heavy atom. The largest absolute Gasteiger partial charge is 0.478 e.